The van der Waals surface area contributed by atoms with Gasteiger partial charge >= 0.3 is 0 Å². The summed E-state index contributed by atoms with van der Waals surface area (Å²) in [6.07, 6.45) is 9.58. The Bertz CT molecular complexity index is 241. The Balaban J connectivity index is 1.72. The molecule has 0 radical (unpaired) electrons. The minimum atomic E-state index is 0.564. The van der Waals surface area contributed by atoms with Crippen molar-refractivity contribution in [3.8, 4) is 0 Å². The standard InChI is InChI=1S/C16H32N2O/c1-3-7-15-12-17-14(4-2)13-18(15)10-5-8-16-9-6-11-19-16/h14-17H,3-13H2,1-2H3. The maximum Gasteiger partial charge on any atom is 0.0576 e. The zero-order chi connectivity index (χ0) is 13.5. The predicted octanol–water partition coefficient (Wildman–Crippen LogP) is 2.80. The summed E-state index contributed by atoms with van der Waals surface area (Å²) in [4.78, 5) is 2.74. The van der Waals surface area contributed by atoms with E-state index < -0.39 is 0 Å². The van der Waals surface area contributed by atoms with Crippen LogP contribution in [-0.2, 0) is 4.74 Å². The first kappa shape index (κ1) is 15.3. The van der Waals surface area contributed by atoms with Crippen LogP contribution < -0.4 is 5.32 Å². The van der Waals surface area contributed by atoms with Crippen LogP contribution >= 0.6 is 0 Å². The van der Waals surface area contributed by atoms with Crippen molar-refractivity contribution in [2.24, 2.45) is 0 Å². The van der Waals surface area contributed by atoms with Crippen LogP contribution in [0.3, 0.4) is 0 Å². The van der Waals surface area contributed by atoms with Crippen LogP contribution in [0.2, 0.25) is 0 Å². The summed E-state index contributed by atoms with van der Waals surface area (Å²) in [6, 6.07) is 1.47. The lowest BCUT2D eigenvalue weighted by Crippen LogP contribution is -2.56. The Hall–Kier alpha value is -0.120. The van der Waals surface area contributed by atoms with E-state index in [-0.39, 0.29) is 0 Å². The second-order valence-corrected chi connectivity index (χ2v) is 6.23. The highest BCUT2D eigenvalue weighted by Crippen LogP contribution is 2.19. The van der Waals surface area contributed by atoms with E-state index in [0.29, 0.717) is 12.1 Å². The van der Waals surface area contributed by atoms with Crippen molar-refractivity contribution >= 4 is 0 Å². The van der Waals surface area contributed by atoms with E-state index in [1.54, 1.807) is 0 Å². The van der Waals surface area contributed by atoms with Gasteiger partial charge in [-0.05, 0) is 45.1 Å². The van der Waals surface area contributed by atoms with Crippen LogP contribution in [0.1, 0.15) is 58.8 Å². The molecule has 2 aliphatic rings. The third-order valence-corrected chi connectivity index (χ3v) is 4.72. The fourth-order valence-electron chi connectivity index (χ4n) is 3.49. The molecule has 0 aliphatic carbocycles. The zero-order valence-electron chi connectivity index (χ0n) is 12.9. The Kier molecular flexibility index (Phi) is 6.62. The van der Waals surface area contributed by atoms with Gasteiger partial charge in [-0.25, -0.2) is 0 Å². The molecule has 0 spiro atoms. The van der Waals surface area contributed by atoms with E-state index >= 15 is 0 Å². The highest BCUT2D eigenvalue weighted by atomic mass is 16.5. The first-order valence-electron chi connectivity index (χ1n) is 8.42. The highest BCUT2D eigenvalue weighted by molar-refractivity contribution is 4.85. The molecule has 0 bridgehead atoms. The molecule has 3 nitrogen and oxygen atoms in total. The Morgan fingerprint density at radius 2 is 2.16 bits per heavy atom. The number of ether oxygens (including phenoxy) is 1. The molecule has 0 aromatic carbocycles. The van der Waals surface area contributed by atoms with Gasteiger partial charge in [-0.15, -0.1) is 0 Å². The van der Waals surface area contributed by atoms with Crippen molar-refractivity contribution in [3.05, 3.63) is 0 Å². The second-order valence-electron chi connectivity index (χ2n) is 6.23. The van der Waals surface area contributed by atoms with Crippen molar-refractivity contribution in [1.82, 2.24) is 10.2 Å². The van der Waals surface area contributed by atoms with E-state index in [9.17, 15) is 0 Å². The number of nitrogens with zero attached hydrogens (tertiary/aromatic N) is 1. The number of hydrogen-bond donors (Lipinski definition) is 1. The zero-order valence-corrected chi connectivity index (χ0v) is 12.9. The quantitative estimate of drug-likeness (QED) is 0.768. The summed E-state index contributed by atoms with van der Waals surface area (Å²) in [6.45, 7) is 9.29. The molecular weight excluding hydrogens is 236 g/mol. The fraction of sp³-hybridized carbons (Fsp3) is 1.00. The Morgan fingerprint density at radius 1 is 1.26 bits per heavy atom. The molecule has 3 unspecified atom stereocenters. The molecular formula is C16H32N2O. The van der Waals surface area contributed by atoms with Gasteiger partial charge in [0.05, 0.1) is 6.10 Å². The molecule has 0 aromatic rings. The van der Waals surface area contributed by atoms with Gasteiger partial charge in [-0.1, -0.05) is 20.3 Å². The summed E-state index contributed by atoms with van der Waals surface area (Å²) >= 11 is 0. The molecule has 2 heterocycles. The number of hydrogen-bond acceptors (Lipinski definition) is 3. The molecule has 3 atom stereocenters. The molecule has 19 heavy (non-hydrogen) atoms. The average Bonchev–Trinajstić information content (AvgIpc) is 2.94. The maximum absolute atomic E-state index is 5.73. The summed E-state index contributed by atoms with van der Waals surface area (Å²) in [5, 5.41) is 3.70. The normalized spacial score (nSPS) is 32.8. The number of piperazine rings is 1. The topological polar surface area (TPSA) is 24.5 Å². The maximum atomic E-state index is 5.73. The van der Waals surface area contributed by atoms with Gasteiger partial charge in [0.1, 0.15) is 0 Å². The predicted molar refractivity (Wildman–Crippen MR) is 80.6 cm³/mol. The summed E-state index contributed by atoms with van der Waals surface area (Å²) in [5.41, 5.74) is 0. The Morgan fingerprint density at radius 3 is 2.84 bits per heavy atom. The first-order valence-corrected chi connectivity index (χ1v) is 8.42. The van der Waals surface area contributed by atoms with Gasteiger partial charge in [0.25, 0.3) is 0 Å². The van der Waals surface area contributed by atoms with Gasteiger partial charge in [0.2, 0.25) is 0 Å². The van der Waals surface area contributed by atoms with Gasteiger partial charge in [-0.2, -0.15) is 0 Å². The first-order chi connectivity index (χ1) is 9.33. The van der Waals surface area contributed by atoms with Gasteiger partial charge in [0, 0.05) is 31.8 Å². The molecule has 3 heteroatoms. The molecule has 1 N–H and O–H groups in total. The van der Waals surface area contributed by atoms with E-state index in [1.165, 1.54) is 64.6 Å². The molecule has 112 valence electrons. The van der Waals surface area contributed by atoms with Crippen LogP contribution in [0.4, 0.5) is 0 Å². The van der Waals surface area contributed by atoms with Crippen LogP contribution in [0, 0.1) is 0 Å². The van der Waals surface area contributed by atoms with E-state index in [2.05, 4.69) is 24.1 Å². The lowest BCUT2D eigenvalue weighted by molar-refractivity contribution is 0.0856. The monoisotopic (exact) mass is 268 g/mol. The number of nitrogens with one attached hydrogen (secondary N) is 1. The Labute approximate surface area is 119 Å². The van der Waals surface area contributed by atoms with Crippen molar-refractivity contribution in [2.75, 3.05) is 26.2 Å². The van der Waals surface area contributed by atoms with Crippen LogP contribution in [0.25, 0.3) is 0 Å². The van der Waals surface area contributed by atoms with Gasteiger partial charge in [0.15, 0.2) is 0 Å². The van der Waals surface area contributed by atoms with Crippen molar-refractivity contribution < 1.29 is 4.74 Å². The fourth-order valence-corrected chi connectivity index (χ4v) is 3.49. The van der Waals surface area contributed by atoms with Crippen molar-refractivity contribution in [3.63, 3.8) is 0 Å². The second kappa shape index (κ2) is 8.23. The summed E-state index contributed by atoms with van der Waals surface area (Å²) < 4.78 is 5.73. The van der Waals surface area contributed by atoms with E-state index in [4.69, 9.17) is 4.74 Å². The molecule has 0 amide bonds. The van der Waals surface area contributed by atoms with Crippen molar-refractivity contribution in [1.29, 1.82) is 0 Å². The lowest BCUT2D eigenvalue weighted by atomic mass is 10.0. The van der Waals surface area contributed by atoms with E-state index in [0.717, 1.165) is 12.6 Å². The third kappa shape index (κ3) is 4.73. The number of rotatable bonds is 7. The minimum absolute atomic E-state index is 0.564. The summed E-state index contributed by atoms with van der Waals surface area (Å²) in [5.74, 6) is 0. The molecule has 0 saturated carbocycles. The van der Waals surface area contributed by atoms with Crippen LogP contribution in [-0.4, -0.2) is 49.3 Å². The SMILES string of the molecule is CCCC1CNC(CC)CN1CCCC1CCCO1. The average molecular weight is 268 g/mol. The molecule has 0 aromatic heterocycles. The molecule has 2 fully saturated rings. The molecule has 2 saturated heterocycles. The highest BCUT2D eigenvalue weighted by Gasteiger charge is 2.26. The largest absolute Gasteiger partial charge is 0.378 e. The van der Waals surface area contributed by atoms with Crippen molar-refractivity contribution in [2.45, 2.75) is 77.0 Å². The lowest BCUT2D eigenvalue weighted by Gasteiger charge is -2.40. The van der Waals surface area contributed by atoms with Crippen LogP contribution in [0.5, 0.6) is 0 Å². The van der Waals surface area contributed by atoms with E-state index in [1.807, 2.05) is 0 Å². The van der Waals surface area contributed by atoms with Gasteiger partial charge < -0.3 is 10.1 Å². The molecule has 2 rings (SSSR count). The van der Waals surface area contributed by atoms with Gasteiger partial charge in [-0.3, -0.25) is 4.90 Å². The minimum Gasteiger partial charge on any atom is -0.378 e. The van der Waals surface area contributed by atoms with Crippen LogP contribution in [0.15, 0.2) is 0 Å². The molecule has 2 aliphatic heterocycles. The smallest absolute Gasteiger partial charge is 0.0576 e. The third-order valence-electron chi connectivity index (χ3n) is 4.72. The summed E-state index contributed by atoms with van der Waals surface area (Å²) in [7, 11) is 0.